The van der Waals surface area contributed by atoms with Gasteiger partial charge >= 0.3 is 12.1 Å². The average Bonchev–Trinajstić information content (AvgIpc) is 3.51. The number of carbonyl (C=O) groups is 4. The van der Waals surface area contributed by atoms with Crippen LogP contribution >= 0.6 is 0 Å². The van der Waals surface area contributed by atoms with Gasteiger partial charge in [0.05, 0.1) is 6.07 Å². The van der Waals surface area contributed by atoms with E-state index in [1.54, 1.807) is 5.32 Å². The topological polar surface area (TPSA) is 131 Å². The number of hydrogen-bond acceptors (Lipinski definition) is 5. The van der Waals surface area contributed by atoms with Crippen LogP contribution in [-0.2, 0) is 19.2 Å². The van der Waals surface area contributed by atoms with Gasteiger partial charge in [0, 0.05) is 18.5 Å². The fourth-order valence-corrected chi connectivity index (χ4v) is 4.41. The molecule has 2 fully saturated rings. The largest absolute Gasteiger partial charge is 0.471 e. The molecule has 1 saturated carbocycles. The minimum absolute atomic E-state index is 0.0948. The fraction of sp³-hybridized carbons (Fsp3) is 0.792. The van der Waals surface area contributed by atoms with Gasteiger partial charge in [0.15, 0.2) is 0 Å². The summed E-state index contributed by atoms with van der Waals surface area (Å²) in [6, 6.07) is -1.59. The molecule has 202 valence electrons. The maximum absolute atomic E-state index is 13.3. The van der Waals surface area contributed by atoms with E-state index in [1.807, 2.05) is 19.9 Å². The minimum atomic E-state index is -5.17. The first kappa shape index (κ1) is 29.4. The van der Waals surface area contributed by atoms with Crippen LogP contribution < -0.4 is 16.0 Å². The van der Waals surface area contributed by atoms with Crippen LogP contribution in [-0.4, -0.2) is 65.4 Å². The molecule has 1 heterocycles. The predicted molar refractivity (Wildman–Crippen MR) is 124 cm³/mol. The van der Waals surface area contributed by atoms with Crippen LogP contribution in [0.25, 0.3) is 0 Å². The van der Waals surface area contributed by atoms with Gasteiger partial charge in [0.1, 0.15) is 18.1 Å². The van der Waals surface area contributed by atoms with Crippen LogP contribution in [0.15, 0.2) is 0 Å². The van der Waals surface area contributed by atoms with E-state index in [0.717, 1.165) is 17.7 Å². The van der Waals surface area contributed by atoms with Gasteiger partial charge in [-0.25, -0.2) is 0 Å². The molecule has 3 N–H and O–H groups in total. The Hall–Kier alpha value is -2.84. The highest BCUT2D eigenvalue weighted by molar-refractivity contribution is 5.93. The second-order valence-electron chi connectivity index (χ2n) is 11.6. The molecule has 0 aromatic carbocycles. The summed E-state index contributed by atoms with van der Waals surface area (Å²) in [6.45, 7) is 8.25. The van der Waals surface area contributed by atoms with E-state index in [9.17, 15) is 37.6 Å². The highest BCUT2D eigenvalue weighted by atomic mass is 19.4. The summed E-state index contributed by atoms with van der Waals surface area (Å²) in [6.07, 6.45) is -2.62. The highest BCUT2D eigenvalue weighted by Crippen LogP contribution is 2.35. The molecule has 1 aliphatic carbocycles. The number of rotatable bonds is 9. The maximum Gasteiger partial charge on any atom is 0.471 e. The fourth-order valence-electron chi connectivity index (χ4n) is 4.41. The molecule has 0 aromatic heterocycles. The Labute approximate surface area is 209 Å². The number of alkyl halides is 3. The van der Waals surface area contributed by atoms with Crippen LogP contribution in [0.5, 0.6) is 0 Å². The zero-order chi connectivity index (χ0) is 27.6. The molecule has 0 bridgehead atoms. The number of hydrogen-bond donors (Lipinski definition) is 3. The molecule has 36 heavy (non-hydrogen) atoms. The number of nitrogens with zero attached hydrogens (tertiary/aromatic N) is 2. The second kappa shape index (κ2) is 10.6. The van der Waals surface area contributed by atoms with Crippen molar-refractivity contribution in [3.8, 4) is 6.07 Å². The van der Waals surface area contributed by atoms with E-state index in [2.05, 4.69) is 10.6 Å². The van der Waals surface area contributed by atoms with Crippen LogP contribution in [0.1, 0.15) is 66.7 Å². The van der Waals surface area contributed by atoms with E-state index in [0.29, 0.717) is 6.42 Å². The number of nitrogens with one attached hydrogen (secondary N) is 3. The quantitative estimate of drug-likeness (QED) is 0.432. The van der Waals surface area contributed by atoms with E-state index in [4.69, 9.17) is 0 Å². The van der Waals surface area contributed by atoms with Crippen molar-refractivity contribution in [1.82, 2.24) is 20.9 Å². The summed E-state index contributed by atoms with van der Waals surface area (Å²) < 4.78 is 38.7. The normalized spacial score (nSPS) is 22.0. The smallest absolute Gasteiger partial charge is 0.351 e. The Kier molecular flexibility index (Phi) is 8.69. The third-order valence-electron chi connectivity index (χ3n) is 6.60. The molecule has 0 unspecified atom stereocenters. The zero-order valence-corrected chi connectivity index (χ0v) is 21.6. The standard InChI is InChI=1S/C24H36F3N5O4/c1-22(2,3)17(30-21(36)24(25,26)27)20(35)32(6)16(9-13-7-8-13)19(34)29-15(12-28)10-14-11-23(4,5)31-18(14)33/h13-17H,7-11H2,1-6H3,(H,29,34)(H,30,36)(H,31,33)/t14-,15+,16+,17-/m1/s1. The Morgan fingerprint density at radius 3 is 2.17 bits per heavy atom. The molecular weight excluding hydrogens is 479 g/mol. The van der Waals surface area contributed by atoms with E-state index < -0.39 is 58.9 Å². The van der Waals surface area contributed by atoms with Gasteiger partial charge in [-0.3, -0.25) is 19.2 Å². The molecular formula is C24H36F3N5O4. The van der Waals surface area contributed by atoms with Crippen LogP contribution in [0.3, 0.4) is 0 Å². The highest BCUT2D eigenvalue weighted by Gasteiger charge is 2.46. The molecule has 2 rings (SSSR count). The molecule has 1 saturated heterocycles. The van der Waals surface area contributed by atoms with Crippen molar-refractivity contribution in [1.29, 1.82) is 5.26 Å². The minimum Gasteiger partial charge on any atom is -0.351 e. The first-order valence-electron chi connectivity index (χ1n) is 12.0. The van der Waals surface area contributed by atoms with Crippen molar-refractivity contribution in [3.63, 3.8) is 0 Å². The Morgan fingerprint density at radius 2 is 1.75 bits per heavy atom. The van der Waals surface area contributed by atoms with Crippen molar-refractivity contribution >= 4 is 23.6 Å². The number of halogens is 3. The maximum atomic E-state index is 13.3. The van der Waals surface area contributed by atoms with Gasteiger partial charge in [-0.2, -0.15) is 18.4 Å². The molecule has 0 spiro atoms. The number of carbonyl (C=O) groups excluding carboxylic acids is 4. The van der Waals surface area contributed by atoms with Crippen molar-refractivity contribution in [2.24, 2.45) is 17.3 Å². The predicted octanol–water partition coefficient (Wildman–Crippen LogP) is 2.02. The summed E-state index contributed by atoms with van der Waals surface area (Å²) in [5.41, 5.74) is -1.50. The third-order valence-corrected chi connectivity index (χ3v) is 6.60. The lowest BCUT2D eigenvalue weighted by molar-refractivity contribution is -0.176. The van der Waals surface area contributed by atoms with E-state index >= 15 is 0 Å². The second-order valence-corrected chi connectivity index (χ2v) is 11.6. The number of nitriles is 1. The summed E-state index contributed by atoms with van der Waals surface area (Å²) in [7, 11) is 1.31. The third kappa shape index (κ3) is 7.83. The molecule has 2 aliphatic rings. The zero-order valence-electron chi connectivity index (χ0n) is 21.6. The lowest BCUT2D eigenvalue weighted by atomic mass is 9.85. The van der Waals surface area contributed by atoms with Crippen molar-refractivity contribution in [2.45, 2.75) is 96.6 Å². The summed E-state index contributed by atoms with van der Waals surface area (Å²) >= 11 is 0. The summed E-state index contributed by atoms with van der Waals surface area (Å²) in [5, 5.41) is 16.8. The van der Waals surface area contributed by atoms with Gasteiger partial charge < -0.3 is 20.9 Å². The van der Waals surface area contributed by atoms with E-state index in [1.165, 1.54) is 27.8 Å². The lowest BCUT2D eigenvalue weighted by Gasteiger charge is -2.36. The van der Waals surface area contributed by atoms with Gasteiger partial charge in [-0.15, -0.1) is 0 Å². The van der Waals surface area contributed by atoms with Gasteiger partial charge in [0.25, 0.3) is 0 Å². The number of amides is 4. The average molecular weight is 516 g/mol. The summed E-state index contributed by atoms with van der Waals surface area (Å²) in [5.74, 6) is -4.22. The first-order valence-corrected chi connectivity index (χ1v) is 12.0. The molecule has 1 aliphatic heterocycles. The molecule has 4 atom stereocenters. The molecule has 0 radical (unpaired) electrons. The van der Waals surface area contributed by atoms with Gasteiger partial charge in [-0.1, -0.05) is 33.6 Å². The summed E-state index contributed by atoms with van der Waals surface area (Å²) in [4.78, 5) is 51.4. The first-order chi connectivity index (χ1) is 16.4. The Balaban J connectivity index is 2.19. The van der Waals surface area contributed by atoms with E-state index in [-0.39, 0.29) is 24.7 Å². The van der Waals surface area contributed by atoms with Crippen molar-refractivity contribution < 1.29 is 32.3 Å². The van der Waals surface area contributed by atoms with Crippen molar-refractivity contribution in [3.05, 3.63) is 0 Å². The Bertz CT molecular complexity index is 918. The SMILES string of the molecule is CN(C(=O)[C@@H](NC(=O)C(F)(F)F)C(C)(C)C)[C@@H](CC1CC1)C(=O)N[C@H](C#N)C[C@@H]1CC(C)(C)NC1=O. The van der Waals surface area contributed by atoms with Crippen LogP contribution in [0.2, 0.25) is 0 Å². The molecule has 4 amide bonds. The van der Waals surface area contributed by atoms with Gasteiger partial charge in [-0.05, 0) is 44.4 Å². The molecule has 0 aromatic rings. The van der Waals surface area contributed by atoms with Crippen LogP contribution in [0.4, 0.5) is 13.2 Å². The lowest BCUT2D eigenvalue weighted by Crippen LogP contribution is -2.60. The monoisotopic (exact) mass is 515 g/mol. The van der Waals surface area contributed by atoms with Crippen LogP contribution in [0, 0.1) is 28.6 Å². The molecule has 9 nitrogen and oxygen atoms in total. The molecule has 12 heteroatoms. The number of likely N-dealkylation sites (N-methyl/N-ethyl adjacent to an activating group) is 1. The van der Waals surface area contributed by atoms with Gasteiger partial charge in [0.2, 0.25) is 17.7 Å². The Morgan fingerprint density at radius 1 is 1.17 bits per heavy atom. The van der Waals surface area contributed by atoms with Crippen molar-refractivity contribution in [2.75, 3.05) is 7.05 Å².